The predicted molar refractivity (Wildman–Crippen MR) is 248 cm³/mol. The van der Waals surface area contributed by atoms with E-state index in [0.717, 1.165) is 129 Å². The predicted octanol–water partition coefficient (Wildman–Crippen LogP) is 14.8. The lowest BCUT2D eigenvalue weighted by atomic mass is 10.0. The zero-order chi connectivity index (χ0) is 43.3. The highest BCUT2D eigenvalue weighted by Crippen LogP contribution is 2.19. The van der Waals surface area contributed by atoms with E-state index in [-0.39, 0.29) is 37.2 Å². The molecule has 0 saturated heterocycles. The molecule has 0 N–H and O–H groups in total. The molecule has 0 radical (unpaired) electrons. The lowest BCUT2D eigenvalue weighted by Crippen LogP contribution is -2.25. The van der Waals surface area contributed by atoms with Crippen molar-refractivity contribution in [3.8, 4) is 0 Å². The number of ether oxygens (including phenoxy) is 4. The summed E-state index contributed by atoms with van der Waals surface area (Å²) in [7, 11) is 0. The number of nitrogens with zero attached hydrogens (tertiary/aromatic N) is 1. The van der Waals surface area contributed by atoms with Crippen LogP contribution in [-0.2, 0) is 28.5 Å². The molecule has 0 aromatic rings. The van der Waals surface area contributed by atoms with Crippen molar-refractivity contribution in [3.05, 3.63) is 24.3 Å². The SMILES string of the molecule is CCCCC/C=C\C/C=C\CCCCCCCC(=O)OCC(CCCCCCCCC(=O)OC(CCCCCC)CCCCCC)COC(=O)OCCCN(CC)CC. The average molecular weight is 834 g/mol. The summed E-state index contributed by atoms with van der Waals surface area (Å²) in [5.41, 5.74) is 0. The van der Waals surface area contributed by atoms with Crippen LogP contribution in [0.15, 0.2) is 24.3 Å². The van der Waals surface area contributed by atoms with Gasteiger partial charge in [0.25, 0.3) is 0 Å². The molecule has 0 aliphatic carbocycles. The molecule has 0 spiro atoms. The van der Waals surface area contributed by atoms with Gasteiger partial charge < -0.3 is 23.8 Å². The van der Waals surface area contributed by atoms with Gasteiger partial charge in [-0.1, -0.05) is 162 Å². The Balaban J connectivity index is 4.49. The first kappa shape index (κ1) is 56.6. The van der Waals surface area contributed by atoms with Gasteiger partial charge in [0.15, 0.2) is 0 Å². The largest absolute Gasteiger partial charge is 0.508 e. The molecule has 346 valence electrons. The van der Waals surface area contributed by atoms with E-state index in [9.17, 15) is 14.4 Å². The van der Waals surface area contributed by atoms with Gasteiger partial charge in [0.2, 0.25) is 0 Å². The number of esters is 2. The highest BCUT2D eigenvalue weighted by Gasteiger charge is 2.17. The van der Waals surface area contributed by atoms with Gasteiger partial charge in [0.1, 0.15) is 12.7 Å². The van der Waals surface area contributed by atoms with Crippen molar-refractivity contribution in [2.24, 2.45) is 5.92 Å². The van der Waals surface area contributed by atoms with Crippen molar-refractivity contribution < 1.29 is 33.3 Å². The number of carbonyl (C=O) groups excluding carboxylic acids is 3. The third kappa shape index (κ3) is 40.8. The normalized spacial score (nSPS) is 12.3. The summed E-state index contributed by atoms with van der Waals surface area (Å²) in [4.78, 5) is 39.9. The van der Waals surface area contributed by atoms with E-state index in [2.05, 4.69) is 63.8 Å². The Morgan fingerprint density at radius 2 is 0.949 bits per heavy atom. The van der Waals surface area contributed by atoms with E-state index >= 15 is 0 Å². The topological polar surface area (TPSA) is 91.4 Å². The maximum atomic E-state index is 12.7. The number of carbonyl (C=O) groups is 3. The lowest BCUT2D eigenvalue weighted by molar-refractivity contribution is -0.150. The molecule has 0 aromatic heterocycles. The highest BCUT2D eigenvalue weighted by molar-refractivity contribution is 5.69. The molecule has 0 saturated carbocycles. The molecule has 0 rings (SSSR count). The third-order valence-corrected chi connectivity index (χ3v) is 11.3. The smallest absolute Gasteiger partial charge is 0.465 e. The molecule has 0 aromatic carbocycles. The van der Waals surface area contributed by atoms with Crippen LogP contribution in [0.4, 0.5) is 4.79 Å². The first-order valence-corrected chi connectivity index (χ1v) is 25.1. The van der Waals surface area contributed by atoms with E-state index in [4.69, 9.17) is 18.9 Å². The second kappa shape index (κ2) is 45.2. The quantitative estimate of drug-likeness (QED) is 0.0259. The van der Waals surface area contributed by atoms with Crippen LogP contribution in [-0.4, -0.2) is 68.6 Å². The fourth-order valence-corrected chi connectivity index (χ4v) is 7.30. The van der Waals surface area contributed by atoms with E-state index in [1.807, 2.05) is 0 Å². The van der Waals surface area contributed by atoms with Crippen LogP contribution in [0.25, 0.3) is 0 Å². The zero-order valence-corrected chi connectivity index (χ0v) is 39.4. The second-order valence-corrected chi connectivity index (χ2v) is 16.8. The third-order valence-electron chi connectivity index (χ3n) is 11.3. The minimum absolute atomic E-state index is 0.0313. The number of rotatable bonds is 44. The molecule has 8 nitrogen and oxygen atoms in total. The molecule has 1 atom stereocenters. The molecule has 0 bridgehead atoms. The molecule has 0 heterocycles. The first-order chi connectivity index (χ1) is 28.9. The summed E-state index contributed by atoms with van der Waals surface area (Å²) in [6.07, 6.45) is 41.5. The summed E-state index contributed by atoms with van der Waals surface area (Å²) in [6, 6.07) is 0. The monoisotopic (exact) mass is 834 g/mol. The Morgan fingerprint density at radius 3 is 1.54 bits per heavy atom. The summed E-state index contributed by atoms with van der Waals surface area (Å²) in [6.45, 7) is 14.6. The van der Waals surface area contributed by atoms with Crippen molar-refractivity contribution in [2.45, 2.75) is 240 Å². The van der Waals surface area contributed by atoms with E-state index < -0.39 is 6.16 Å². The Kier molecular flexibility index (Phi) is 43.4. The van der Waals surface area contributed by atoms with Gasteiger partial charge in [-0.25, -0.2) is 4.79 Å². The fraction of sp³-hybridized carbons (Fsp3) is 0.863. The maximum absolute atomic E-state index is 12.7. The number of hydrogen-bond donors (Lipinski definition) is 0. The van der Waals surface area contributed by atoms with Crippen LogP contribution in [0.5, 0.6) is 0 Å². The molecular weight excluding hydrogens is 739 g/mol. The van der Waals surface area contributed by atoms with E-state index in [1.54, 1.807) is 0 Å². The molecular formula is C51H95NO7. The second-order valence-electron chi connectivity index (χ2n) is 16.8. The minimum Gasteiger partial charge on any atom is -0.465 e. The van der Waals surface area contributed by atoms with Gasteiger partial charge in [0.05, 0.1) is 13.2 Å². The van der Waals surface area contributed by atoms with Gasteiger partial charge in [-0.15, -0.1) is 0 Å². The van der Waals surface area contributed by atoms with Crippen LogP contribution in [0.3, 0.4) is 0 Å². The molecule has 0 aliphatic heterocycles. The lowest BCUT2D eigenvalue weighted by Gasteiger charge is -2.18. The van der Waals surface area contributed by atoms with Gasteiger partial charge in [-0.2, -0.15) is 0 Å². The number of allylic oxidation sites excluding steroid dienone is 4. The molecule has 0 aliphatic rings. The number of unbranched alkanes of at least 4 members (excludes halogenated alkanes) is 19. The Hall–Kier alpha value is -2.35. The van der Waals surface area contributed by atoms with Crippen LogP contribution >= 0.6 is 0 Å². The molecule has 1 unspecified atom stereocenters. The summed E-state index contributed by atoms with van der Waals surface area (Å²) >= 11 is 0. The van der Waals surface area contributed by atoms with Crippen molar-refractivity contribution in [3.63, 3.8) is 0 Å². The van der Waals surface area contributed by atoms with E-state index in [1.165, 1.54) is 77.0 Å². The van der Waals surface area contributed by atoms with Gasteiger partial charge >= 0.3 is 18.1 Å². The van der Waals surface area contributed by atoms with Crippen LogP contribution in [0.1, 0.15) is 234 Å². The minimum atomic E-state index is -0.649. The van der Waals surface area contributed by atoms with Crippen molar-refractivity contribution >= 4 is 18.1 Å². The van der Waals surface area contributed by atoms with E-state index in [0.29, 0.717) is 19.4 Å². The van der Waals surface area contributed by atoms with Crippen molar-refractivity contribution in [1.29, 1.82) is 0 Å². The summed E-state index contributed by atoms with van der Waals surface area (Å²) < 4.78 is 22.5. The molecule has 0 amide bonds. The Labute approximate surface area is 364 Å². The van der Waals surface area contributed by atoms with Gasteiger partial charge in [-0.05, 0) is 96.6 Å². The Morgan fingerprint density at radius 1 is 0.475 bits per heavy atom. The summed E-state index contributed by atoms with van der Waals surface area (Å²) in [5, 5.41) is 0. The standard InChI is InChI=1S/C51H95NO7/c1-6-11-14-17-18-19-20-21-22-23-24-25-26-30-35-41-49(53)57-45-47(46-58-51(55)56-44-37-43-52(9-4)10-5)38-32-29-27-28-31-36-42-50(54)59-48(39-33-15-12-7-2)40-34-16-13-8-3/h18-19,21-22,47-48H,6-17,20,23-46H2,1-5H3/b19-18-,22-21-. The van der Waals surface area contributed by atoms with Gasteiger partial charge in [-0.3, -0.25) is 9.59 Å². The summed E-state index contributed by atoms with van der Waals surface area (Å²) in [5.74, 6) is -0.257. The van der Waals surface area contributed by atoms with Gasteiger partial charge in [0, 0.05) is 25.3 Å². The first-order valence-electron chi connectivity index (χ1n) is 25.1. The van der Waals surface area contributed by atoms with Crippen molar-refractivity contribution in [2.75, 3.05) is 39.5 Å². The highest BCUT2D eigenvalue weighted by atomic mass is 16.7. The molecule has 0 fully saturated rings. The Bertz CT molecular complexity index is 983. The molecule has 59 heavy (non-hydrogen) atoms. The van der Waals surface area contributed by atoms with Crippen LogP contribution in [0, 0.1) is 5.92 Å². The van der Waals surface area contributed by atoms with Crippen LogP contribution in [0.2, 0.25) is 0 Å². The average Bonchev–Trinajstić information content (AvgIpc) is 3.23. The fourth-order valence-electron chi connectivity index (χ4n) is 7.30. The van der Waals surface area contributed by atoms with Crippen LogP contribution < -0.4 is 0 Å². The van der Waals surface area contributed by atoms with Crippen molar-refractivity contribution in [1.82, 2.24) is 4.90 Å². The molecule has 8 heteroatoms. The number of hydrogen-bond acceptors (Lipinski definition) is 8. The maximum Gasteiger partial charge on any atom is 0.508 e. The zero-order valence-electron chi connectivity index (χ0n) is 39.4.